The van der Waals surface area contributed by atoms with E-state index in [-0.39, 0.29) is 24.2 Å². The molecule has 2 amide bonds. The van der Waals surface area contributed by atoms with Gasteiger partial charge in [0.05, 0.1) is 22.5 Å². The summed E-state index contributed by atoms with van der Waals surface area (Å²) in [5.74, 6) is 0. The summed E-state index contributed by atoms with van der Waals surface area (Å²) < 4.78 is 0. The number of amides is 2. The van der Waals surface area contributed by atoms with Gasteiger partial charge >= 0.3 is 6.03 Å². The van der Waals surface area contributed by atoms with Crippen molar-refractivity contribution >= 4 is 23.3 Å². The summed E-state index contributed by atoms with van der Waals surface area (Å²) in [5, 5.41) is 13.1. The Bertz CT molecular complexity index is 523. The number of nitrogens with one attached hydrogen (secondary N) is 1. The number of hydrogen-bond acceptors (Lipinski definition) is 3. The minimum absolute atomic E-state index is 0.128. The highest BCUT2D eigenvalue weighted by atomic mass is 35.5. The predicted molar refractivity (Wildman–Crippen MR) is 76.9 cm³/mol. The number of hydrogen-bond donors (Lipinski definition) is 2. The monoisotopic (exact) mass is 295 g/mol. The third-order valence-electron chi connectivity index (χ3n) is 4.25. The number of aryl methyl sites for hydroxylation is 1. The highest BCUT2D eigenvalue weighted by Gasteiger charge is 2.42. The van der Waals surface area contributed by atoms with E-state index in [2.05, 4.69) is 10.3 Å². The third-order valence-corrected chi connectivity index (χ3v) is 4.72. The number of halogens is 1. The maximum atomic E-state index is 12.5. The molecule has 20 heavy (non-hydrogen) atoms. The maximum absolute atomic E-state index is 12.5. The molecule has 2 bridgehead atoms. The van der Waals surface area contributed by atoms with Crippen molar-refractivity contribution in [1.82, 2.24) is 9.88 Å². The summed E-state index contributed by atoms with van der Waals surface area (Å²) in [5.41, 5.74) is 1.29. The van der Waals surface area contributed by atoms with E-state index in [0.717, 1.165) is 12.8 Å². The molecule has 1 aromatic heterocycles. The van der Waals surface area contributed by atoms with E-state index in [0.29, 0.717) is 29.2 Å². The van der Waals surface area contributed by atoms with E-state index >= 15 is 0 Å². The van der Waals surface area contributed by atoms with Crippen LogP contribution in [0.25, 0.3) is 0 Å². The average Bonchev–Trinajstić information content (AvgIpc) is 2.67. The second kappa shape index (κ2) is 5.22. The van der Waals surface area contributed by atoms with Gasteiger partial charge in [-0.1, -0.05) is 11.6 Å². The molecule has 108 valence electrons. The Labute approximate surface area is 122 Å². The number of pyridine rings is 1. The number of aromatic nitrogens is 1. The number of nitrogens with zero attached hydrogens (tertiary/aromatic N) is 2. The Morgan fingerprint density at radius 1 is 1.45 bits per heavy atom. The lowest BCUT2D eigenvalue weighted by Gasteiger charge is -2.37. The van der Waals surface area contributed by atoms with Gasteiger partial charge in [-0.2, -0.15) is 0 Å². The highest BCUT2D eigenvalue weighted by molar-refractivity contribution is 6.34. The van der Waals surface area contributed by atoms with E-state index < -0.39 is 0 Å². The van der Waals surface area contributed by atoms with Crippen molar-refractivity contribution in [2.24, 2.45) is 0 Å². The largest absolute Gasteiger partial charge is 0.393 e. The fourth-order valence-corrected chi connectivity index (χ4v) is 3.46. The summed E-state index contributed by atoms with van der Waals surface area (Å²) in [6, 6.07) is 1.86. The molecule has 6 heteroatoms. The van der Waals surface area contributed by atoms with Crippen molar-refractivity contribution in [3.8, 4) is 0 Å². The van der Waals surface area contributed by atoms with Crippen molar-refractivity contribution in [1.29, 1.82) is 0 Å². The van der Waals surface area contributed by atoms with Gasteiger partial charge in [0.2, 0.25) is 0 Å². The van der Waals surface area contributed by atoms with Crippen molar-refractivity contribution in [2.75, 3.05) is 5.32 Å². The van der Waals surface area contributed by atoms with Gasteiger partial charge in [0.15, 0.2) is 0 Å². The van der Waals surface area contributed by atoms with Crippen LogP contribution >= 0.6 is 11.6 Å². The fraction of sp³-hybridized carbons (Fsp3) is 0.571. The van der Waals surface area contributed by atoms with Crippen LogP contribution in [-0.4, -0.2) is 39.2 Å². The lowest BCUT2D eigenvalue weighted by molar-refractivity contribution is 0.0580. The second-order valence-electron chi connectivity index (χ2n) is 5.61. The topological polar surface area (TPSA) is 65.5 Å². The first-order valence-electron chi connectivity index (χ1n) is 6.94. The van der Waals surface area contributed by atoms with Gasteiger partial charge in [0, 0.05) is 18.3 Å². The highest BCUT2D eigenvalue weighted by Crippen LogP contribution is 2.36. The molecule has 2 unspecified atom stereocenters. The number of piperidine rings is 1. The summed E-state index contributed by atoms with van der Waals surface area (Å²) in [7, 11) is 0. The molecule has 3 rings (SSSR count). The lowest BCUT2D eigenvalue weighted by atomic mass is 10.0. The zero-order valence-electron chi connectivity index (χ0n) is 11.3. The predicted octanol–water partition coefficient (Wildman–Crippen LogP) is 2.56. The molecular formula is C14H18ClN3O2. The molecule has 2 aliphatic heterocycles. The number of carbonyl (C=O) groups is 1. The van der Waals surface area contributed by atoms with Gasteiger partial charge < -0.3 is 15.3 Å². The molecule has 0 aliphatic carbocycles. The maximum Gasteiger partial charge on any atom is 0.322 e. The molecule has 5 nitrogen and oxygen atoms in total. The molecule has 0 saturated carbocycles. The van der Waals surface area contributed by atoms with E-state index in [1.54, 1.807) is 19.2 Å². The molecule has 0 spiro atoms. The zero-order valence-corrected chi connectivity index (χ0v) is 12.1. The van der Waals surface area contributed by atoms with Crippen LogP contribution in [-0.2, 0) is 0 Å². The Balaban J connectivity index is 1.76. The third kappa shape index (κ3) is 2.36. The summed E-state index contributed by atoms with van der Waals surface area (Å²) in [4.78, 5) is 18.4. The second-order valence-corrected chi connectivity index (χ2v) is 5.98. The molecule has 1 aromatic rings. The van der Waals surface area contributed by atoms with E-state index in [1.165, 1.54) is 0 Å². The van der Waals surface area contributed by atoms with Gasteiger partial charge in [0.25, 0.3) is 0 Å². The first-order chi connectivity index (χ1) is 9.56. The summed E-state index contributed by atoms with van der Waals surface area (Å²) >= 11 is 6.15. The molecule has 3 heterocycles. The van der Waals surface area contributed by atoms with Crippen LogP contribution in [0.5, 0.6) is 0 Å². The summed E-state index contributed by atoms with van der Waals surface area (Å²) in [6.45, 7) is 1.80. The van der Waals surface area contributed by atoms with E-state index in [4.69, 9.17) is 11.6 Å². The number of urea groups is 1. The van der Waals surface area contributed by atoms with Gasteiger partial charge in [-0.05, 0) is 38.7 Å². The van der Waals surface area contributed by atoms with Crippen LogP contribution in [0.15, 0.2) is 12.3 Å². The smallest absolute Gasteiger partial charge is 0.322 e. The van der Waals surface area contributed by atoms with Gasteiger partial charge in [-0.25, -0.2) is 4.79 Å². The van der Waals surface area contributed by atoms with Crippen molar-refractivity contribution in [3.63, 3.8) is 0 Å². The molecular weight excluding hydrogens is 278 g/mol. The average molecular weight is 296 g/mol. The molecule has 2 saturated heterocycles. The number of rotatable bonds is 1. The minimum atomic E-state index is -0.275. The van der Waals surface area contributed by atoms with Crippen molar-refractivity contribution in [2.45, 2.75) is 50.8 Å². The minimum Gasteiger partial charge on any atom is -0.393 e. The quantitative estimate of drug-likeness (QED) is 0.837. The number of aliphatic hydroxyl groups excluding tert-OH is 1. The van der Waals surface area contributed by atoms with Gasteiger partial charge in [-0.3, -0.25) is 4.98 Å². The Morgan fingerprint density at radius 3 is 2.75 bits per heavy atom. The number of anilines is 1. The normalized spacial score (nSPS) is 28.6. The van der Waals surface area contributed by atoms with Crippen LogP contribution < -0.4 is 5.32 Å². The summed E-state index contributed by atoms with van der Waals surface area (Å²) in [6.07, 6.45) is 4.64. The first kappa shape index (κ1) is 13.6. The van der Waals surface area contributed by atoms with Crippen LogP contribution in [0.1, 0.15) is 31.4 Å². The molecule has 2 N–H and O–H groups in total. The lowest BCUT2D eigenvalue weighted by Crippen LogP contribution is -2.49. The first-order valence-corrected chi connectivity index (χ1v) is 7.32. The van der Waals surface area contributed by atoms with E-state index in [9.17, 15) is 9.90 Å². The molecule has 2 fully saturated rings. The Kier molecular flexibility index (Phi) is 3.56. The molecule has 0 aromatic carbocycles. The number of carbonyl (C=O) groups excluding carboxylic acids is 1. The van der Waals surface area contributed by atoms with Crippen LogP contribution in [0.2, 0.25) is 5.02 Å². The Hall–Kier alpha value is -1.33. The Morgan fingerprint density at radius 2 is 2.10 bits per heavy atom. The molecule has 0 radical (unpaired) electrons. The SMILES string of the molecule is Cc1nccc(NC(=O)N2C3CCC2CC(O)C3)c1Cl. The zero-order chi connectivity index (χ0) is 14.3. The number of aliphatic hydroxyl groups is 1. The standard InChI is InChI=1S/C14H18ClN3O2/c1-8-13(15)12(4-5-16-8)17-14(20)18-9-2-3-10(18)7-11(19)6-9/h4-5,9-11,19H,2-3,6-7H2,1H3,(H,16,17,20). The number of fused-ring (bicyclic) bond motifs is 2. The molecule has 2 atom stereocenters. The molecule has 2 aliphatic rings. The van der Waals surface area contributed by atoms with Crippen LogP contribution in [0.3, 0.4) is 0 Å². The fourth-order valence-electron chi connectivity index (χ4n) is 3.30. The van der Waals surface area contributed by atoms with Crippen molar-refractivity contribution in [3.05, 3.63) is 23.0 Å². The van der Waals surface area contributed by atoms with Crippen molar-refractivity contribution < 1.29 is 9.90 Å². The van der Waals surface area contributed by atoms with Crippen LogP contribution in [0, 0.1) is 6.92 Å². The van der Waals surface area contributed by atoms with Gasteiger partial charge in [-0.15, -0.1) is 0 Å². The van der Waals surface area contributed by atoms with Crippen LogP contribution in [0.4, 0.5) is 10.5 Å². The van der Waals surface area contributed by atoms with E-state index in [1.807, 2.05) is 4.90 Å². The van der Waals surface area contributed by atoms with Gasteiger partial charge in [0.1, 0.15) is 0 Å².